The van der Waals surface area contributed by atoms with E-state index in [1.165, 1.54) is 75.2 Å². The van der Waals surface area contributed by atoms with Gasteiger partial charge in [0, 0.05) is 0 Å². The van der Waals surface area contributed by atoms with Gasteiger partial charge in [-0.1, -0.05) is 76.8 Å². The smallest absolute Gasteiger partial charge is 0.246 e. The Bertz CT molecular complexity index is 597. The molecule has 0 bridgehead atoms. The van der Waals surface area contributed by atoms with Gasteiger partial charge in [-0.25, -0.2) is 9.13 Å². The molecule has 1 heterocycles. The van der Waals surface area contributed by atoms with Crippen molar-refractivity contribution in [3.63, 3.8) is 0 Å². The molecule has 0 saturated heterocycles. The molecule has 0 aliphatic heterocycles. The number of imidazole rings is 1. The molecule has 0 radical (unpaired) electrons. The van der Waals surface area contributed by atoms with Crippen LogP contribution in [0.25, 0.3) is 11.0 Å². The van der Waals surface area contributed by atoms with Gasteiger partial charge in [-0.15, -0.1) is 0 Å². The Hall–Kier alpha value is -1.06. The van der Waals surface area contributed by atoms with Gasteiger partial charge in [0.05, 0.1) is 13.2 Å². The predicted molar refractivity (Wildman–Crippen MR) is 106 cm³/mol. The highest BCUT2D eigenvalue weighted by molar-refractivity contribution is 5.71. The molecule has 0 amide bonds. The molecule has 0 saturated carbocycles. The lowest BCUT2D eigenvalue weighted by Gasteiger charge is -2.03. The maximum Gasteiger partial charge on any atom is 0.246 e. The van der Waals surface area contributed by atoms with Crippen molar-refractivity contribution in [1.29, 1.82) is 0 Å². The summed E-state index contributed by atoms with van der Waals surface area (Å²) < 4.78 is 10.4. The maximum absolute atomic E-state index is 5.91. The van der Waals surface area contributed by atoms with E-state index in [9.17, 15) is 0 Å². The number of nitrogens with zero attached hydrogens (tertiary/aromatic N) is 2. The SMILES string of the molecule is CCCCCCCCCCCCOC[n+]1cn(CC)c2ccccc21.[Cl-]. The summed E-state index contributed by atoms with van der Waals surface area (Å²) in [6, 6.07) is 8.55. The molecule has 0 N–H and O–H groups in total. The second kappa shape index (κ2) is 14.1. The van der Waals surface area contributed by atoms with Crippen molar-refractivity contribution in [3.8, 4) is 0 Å². The van der Waals surface area contributed by atoms with E-state index in [1.807, 2.05) is 0 Å². The summed E-state index contributed by atoms with van der Waals surface area (Å²) in [5.74, 6) is 0. The first-order chi connectivity index (χ1) is 12.4. The average Bonchev–Trinajstić information content (AvgIpc) is 3.01. The summed E-state index contributed by atoms with van der Waals surface area (Å²) >= 11 is 0. The third-order valence-electron chi connectivity index (χ3n) is 4.99. The molecule has 0 aliphatic rings. The number of rotatable bonds is 14. The molecule has 26 heavy (non-hydrogen) atoms. The Morgan fingerprint density at radius 1 is 0.846 bits per heavy atom. The highest BCUT2D eigenvalue weighted by Gasteiger charge is 2.13. The van der Waals surface area contributed by atoms with Crippen LogP contribution in [0.5, 0.6) is 0 Å². The summed E-state index contributed by atoms with van der Waals surface area (Å²) in [7, 11) is 0. The molecule has 1 aromatic carbocycles. The average molecular weight is 381 g/mol. The number of unbranched alkanes of at least 4 members (excludes halogenated alkanes) is 9. The van der Waals surface area contributed by atoms with Gasteiger partial charge in [-0.05, 0) is 25.5 Å². The van der Waals surface area contributed by atoms with E-state index in [0.29, 0.717) is 6.73 Å². The van der Waals surface area contributed by atoms with Gasteiger partial charge in [0.25, 0.3) is 0 Å². The van der Waals surface area contributed by atoms with E-state index in [0.717, 1.165) is 13.2 Å². The Morgan fingerprint density at radius 3 is 2.12 bits per heavy atom. The molecular formula is C22H37ClN2O. The van der Waals surface area contributed by atoms with Crippen molar-refractivity contribution in [2.45, 2.75) is 91.3 Å². The van der Waals surface area contributed by atoms with Gasteiger partial charge in [0.15, 0.2) is 17.8 Å². The van der Waals surface area contributed by atoms with E-state index in [1.54, 1.807) is 0 Å². The minimum absolute atomic E-state index is 0. The first kappa shape index (κ1) is 23.0. The van der Waals surface area contributed by atoms with Crippen molar-refractivity contribution >= 4 is 11.0 Å². The third kappa shape index (κ3) is 7.67. The summed E-state index contributed by atoms with van der Waals surface area (Å²) in [6.45, 7) is 6.98. The minimum atomic E-state index is 0. The fourth-order valence-electron chi connectivity index (χ4n) is 3.45. The van der Waals surface area contributed by atoms with Crippen LogP contribution < -0.4 is 17.0 Å². The van der Waals surface area contributed by atoms with Crippen LogP contribution in [0.2, 0.25) is 0 Å². The zero-order chi connectivity index (χ0) is 17.7. The molecule has 0 atom stereocenters. The van der Waals surface area contributed by atoms with E-state index in [-0.39, 0.29) is 12.4 Å². The van der Waals surface area contributed by atoms with Crippen LogP contribution in [0.3, 0.4) is 0 Å². The topological polar surface area (TPSA) is 18.0 Å². The number of hydrogen-bond acceptors (Lipinski definition) is 1. The summed E-state index contributed by atoms with van der Waals surface area (Å²) in [5, 5.41) is 0. The second-order valence-electron chi connectivity index (χ2n) is 7.08. The molecule has 1 aromatic heterocycles. The summed E-state index contributed by atoms with van der Waals surface area (Å²) in [5.41, 5.74) is 2.54. The van der Waals surface area contributed by atoms with Gasteiger partial charge >= 0.3 is 0 Å². The number of halogens is 1. The highest BCUT2D eigenvalue weighted by atomic mass is 35.5. The molecule has 2 rings (SSSR count). The Labute approximate surface area is 166 Å². The maximum atomic E-state index is 5.91. The van der Waals surface area contributed by atoms with Crippen LogP contribution in [0.4, 0.5) is 0 Å². The Kier molecular flexibility index (Phi) is 12.4. The standard InChI is InChI=1S/C22H37N2O.ClH/c1-3-5-6-7-8-9-10-11-12-15-18-25-20-24-19-23(4-2)21-16-13-14-17-22(21)24;/h13-14,16-17,19H,3-12,15,18,20H2,1-2H3;1H/q+1;/p-1. The largest absolute Gasteiger partial charge is 1.00 e. The third-order valence-corrected chi connectivity index (χ3v) is 4.99. The molecule has 2 aromatic rings. The first-order valence-corrected chi connectivity index (χ1v) is 10.4. The van der Waals surface area contributed by atoms with Crippen LogP contribution in [0, 0.1) is 0 Å². The summed E-state index contributed by atoms with van der Waals surface area (Å²) in [6.07, 6.45) is 15.9. The van der Waals surface area contributed by atoms with E-state index >= 15 is 0 Å². The fraction of sp³-hybridized carbons (Fsp3) is 0.682. The predicted octanol–water partition coefficient (Wildman–Crippen LogP) is 2.85. The molecule has 0 unspecified atom stereocenters. The molecule has 0 spiro atoms. The van der Waals surface area contributed by atoms with Crippen molar-refractivity contribution < 1.29 is 21.7 Å². The highest BCUT2D eigenvalue weighted by Crippen LogP contribution is 2.11. The zero-order valence-electron chi connectivity index (χ0n) is 16.8. The number of hydrogen-bond donors (Lipinski definition) is 0. The van der Waals surface area contributed by atoms with E-state index in [4.69, 9.17) is 4.74 Å². The molecule has 0 aliphatic carbocycles. The normalized spacial score (nSPS) is 11.0. The number of aromatic nitrogens is 2. The molecular weight excluding hydrogens is 344 g/mol. The number of para-hydroxylation sites is 2. The van der Waals surface area contributed by atoms with E-state index < -0.39 is 0 Å². The van der Waals surface area contributed by atoms with Crippen LogP contribution >= 0.6 is 0 Å². The number of benzene rings is 1. The van der Waals surface area contributed by atoms with Gasteiger partial charge in [-0.2, -0.15) is 0 Å². The Balaban J connectivity index is 0.00000338. The zero-order valence-corrected chi connectivity index (χ0v) is 17.5. The van der Waals surface area contributed by atoms with Crippen molar-refractivity contribution in [2.75, 3.05) is 6.61 Å². The Morgan fingerprint density at radius 2 is 1.46 bits per heavy atom. The number of ether oxygens (including phenoxy) is 1. The van der Waals surface area contributed by atoms with E-state index in [2.05, 4.69) is 53.6 Å². The quantitative estimate of drug-likeness (QED) is 0.364. The van der Waals surface area contributed by atoms with Crippen molar-refractivity contribution in [2.24, 2.45) is 0 Å². The van der Waals surface area contributed by atoms with Gasteiger partial charge in [0.1, 0.15) is 0 Å². The second-order valence-corrected chi connectivity index (χ2v) is 7.08. The van der Waals surface area contributed by atoms with Crippen LogP contribution in [-0.4, -0.2) is 11.2 Å². The van der Waals surface area contributed by atoms with Crippen molar-refractivity contribution in [3.05, 3.63) is 30.6 Å². The van der Waals surface area contributed by atoms with Gasteiger partial charge in [-0.3, -0.25) is 0 Å². The lowest BCUT2D eigenvalue weighted by molar-refractivity contribution is -0.710. The van der Waals surface area contributed by atoms with Crippen LogP contribution in [0.15, 0.2) is 30.6 Å². The lowest BCUT2D eigenvalue weighted by Crippen LogP contribution is -3.00. The first-order valence-electron chi connectivity index (χ1n) is 10.4. The van der Waals surface area contributed by atoms with Crippen molar-refractivity contribution in [1.82, 2.24) is 4.57 Å². The monoisotopic (exact) mass is 380 g/mol. The minimum Gasteiger partial charge on any atom is -1.00 e. The fourth-order valence-corrected chi connectivity index (χ4v) is 3.45. The van der Waals surface area contributed by atoms with Crippen LogP contribution in [-0.2, 0) is 18.0 Å². The number of aryl methyl sites for hydroxylation is 1. The summed E-state index contributed by atoms with van der Waals surface area (Å²) in [4.78, 5) is 0. The lowest BCUT2D eigenvalue weighted by atomic mass is 10.1. The molecule has 4 heteroatoms. The number of fused-ring (bicyclic) bond motifs is 1. The van der Waals surface area contributed by atoms with Crippen LogP contribution in [0.1, 0.15) is 78.1 Å². The van der Waals surface area contributed by atoms with Gasteiger partial charge < -0.3 is 17.1 Å². The van der Waals surface area contributed by atoms with Gasteiger partial charge in [0.2, 0.25) is 6.33 Å². The molecule has 3 nitrogen and oxygen atoms in total. The molecule has 148 valence electrons. The molecule has 0 fully saturated rings.